The first-order chi connectivity index (χ1) is 12.7. The van der Waals surface area contributed by atoms with Gasteiger partial charge in [-0.2, -0.15) is 0 Å². The third kappa shape index (κ3) is 3.04. The van der Waals surface area contributed by atoms with E-state index in [0.29, 0.717) is 6.42 Å². The summed E-state index contributed by atoms with van der Waals surface area (Å²) in [5, 5.41) is 9.21. The van der Waals surface area contributed by atoms with Crippen molar-refractivity contribution in [1.29, 1.82) is 0 Å². The lowest BCUT2D eigenvalue weighted by Gasteiger charge is -2.24. The molecule has 1 aliphatic rings. The summed E-state index contributed by atoms with van der Waals surface area (Å²) in [6.07, 6.45) is 3.39. The number of carbonyl (C=O) groups is 1. The van der Waals surface area contributed by atoms with E-state index in [1.807, 2.05) is 28.8 Å². The van der Waals surface area contributed by atoms with Gasteiger partial charge in [0.25, 0.3) is 0 Å². The molecular weight excluding hydrogens is 364 g/mol. The molecule has 0 bridgehead atoms. The summed E-state index contributed by atoms with van der Waals surface area (Å²) < 4.78 is 25.5. The van der Waals surface area contributed by atoms with Gasteiger partial charge in [0.2, 0.25) is 0 Å². The number of nitrogens with zero attached hydrogens (tertiary/aromatic N) is 2. The highest BCUT2D eigenvalue weighted by Crippen LogP contribution is 2.36. The summed E-state index contributed by atoms with van der Waals surface area (Å²) in [6, 6.07) is 12.8. The van der Waals surface area contributed by atoms with Crippen molar-refractivity contribution in [2.45, 2.75) is 24.2 Å². The van der Waals surface area contributed by atoms with E-state index in [9.17, 15) is 18.3 Å². The molecule has 0 amide bonds. The second kappa shape index (κ2) is 6.06. The largest absolute Gasteiger partial charge is 0.476 e. The Bertz CT molecular complexity index is 1180. The van der Waals surface area contributed by atoms with Gasteiger partial charge in [-0.05, 0) is 46.9 Å². The van der Waals surface area contributed by atoms with Crippen molar-refractivity contribution in [3.8, 4) is 16.8 Å². The van der Waals surface area contributed by atoms with E-state index in [4.69, 9.17) is 0 Å². The van der Waals surface area contributed by atoms with E-state index in [0.717, 1.165) is 28.2 Å². The summed E-state index contributed by atoms with van der Waals surface area (Å²) in [4.78, 5) is 15.7. The Morgan fingerprint density at radius 3 is 2.63 bits per heavy atom. The molecule has 0 aliphatic carbocycles. The molecule has 27 heavy (non-hydrogen) atoms. The van der Waals surface area contributed by atoms with Gasteiger partial charge in [-0.1, -0.05) is 25.1 Å². The first-order valence-electron chi connectivity index (χ1n) is 8.50. The standard InChI is InChI=1S/C20H18N2O4S/c1-12-8-19-21-17(20(23)24)11-22(19)18-7-6-14(10-16(12)18)13-4-3-5-15(9-13)27(2,25)26/h3-7,9-12H,8H2,1-2H3,(H,23,24). The van der Waals surface area contributed by atoms with Crippen LogP contribution in [0.15, 0.2) is 53.6 Å². The second-order valence-electron chi connectivity index (χ2n) is 6.90. The summed E-state index contributed by atoms with van der Waals surface area (Å²) in [5.74, 6) is -0.130. The maximum absolute atomic E-state index is 11.8. The molecule has 2 heterocycles. The van der Waals surface area contributed by atoms with Gasteiger partial charge in [0.1, 0.15) is 5.82 Å². The number of aromatic nitrogens is 2. The summed E-state index contributed by atoms with van der Waals surface area (Å²) >= 11 is 0. The first kappa shape index (κ1) is 17.5. The second-order valence-corrected chi connectivity index (χ2v) is 8.91. The molecule has 7 heteroatoms. The van der Waals surface area contributed by atoms with Crippen molar-refractivity contribution >= 4 is 15.8 Å². The van der Waals surface area contributed by atoms with Gasteiger partial charge in [-0.3, -0.25) is 0 Å². The van der Waals surface area contributed by atoms with Crippen molar-refractivity contribution in [1.82, 2.24) is 9.55 Å². The van der Waals surface area contributed by atoms with E-state index >= 15 is 0 Å². The van der Waals surface area contributed by atoms with Gasteiger partial charge in [0, 0.05) is 18.9 Å². The molecule has 0 fully saturated rings. The number of benzene rings is 2. The maximum Gasteiger partial charge on any atom is 0.356 e. The first-order valence-corrected chi connectivity index (χ1v) is 10.4. The molecular formula is C20H18N2O4S. The predicted octanol–water partition coefficient (Wildman–Crippen LogP) is 3.30. The van der Waals surface area contributed by atoms with Crippen LogP contribution < -0.4 is 0 Å². The number of hydrogen-bond acceptors (Lipinski definition) is 4. The topological polar surface area (TPSA) is 89.3 Å². The quantitative estimate of drug-likeness (QED) is 0.751. The fourth-order valence-corrected chi connectivity index (χ4v) is 4.18. The van der Waals surface area contributed by atoms with Crippen LogP contribution in [0.25, 0.3) is 16.8 Å². The molecule has 0 saturated carbocycles. The summed E-state index contributed by atoms with van der Waals surface area (Å²) in [6.45, 7) is 2.08. The van der Waals surface area contributed by atoms with Crippen molar-refractivity contribution in [2.75, 3.05) is 6.26 Å². The van der Waals surface area contributed by atoms with Crippen LogP contribution in [0.4, 0.5) is 0 Å². The van der Waals surface area contributed by atoms with Gasteiger partial charge >= 0.3 is 5.97 Å². The number of carboxylic acid groups (broad SMARTS) is 1. The van der Waals surface area contributed by atoms with E-state index in [-0.39, 0.29) is 16.5 Å². The molecule has 0 spiro atoms. The molecule has 6 nitrogen and oxygen atoms in total. The van der Waals surface area contributed by atoms with Crippen LogP contribution >= 0.6 is 0 Å². The van der Waals surface area contributed by atoms with Gasteiger partial charge < -0.3 is 9.67 Å². The van der Waals surface area contributed by atoms with Crippen LogP contribution in [0.5, 0.6) is 0 Å². The fourth-order valence-electron chi connectivity index (χ4n) is 3.51. The molecule has 1 aliphatic heterocycles. The van der Waals surface area contributed by atoms with Crippen molar-refractivity contribution in [3.63, 3.8) is 0 Å². The molecule has 138 valence electrons. The zero-order valence-electron chi connectivity index (χ0n) is 14.9. The molecule has 4 rings (SSSR count). The van der Waals surface area contributed by atoms with E-state index in [1.54, 1.807) is 24.4 Å². The Hall–Kier alpha value is -2.93. The summed E-state index contributed by atoms with van der Waals surface area (Å²) in [7, 11) is -3.27. The minimum atomic E-state index is -3.27. The zero-order valence-corrected chi connectivity index (χ0v) is 15.7. The van der Waals surface area contributed by atoms with Gasteiger partial charge in [-0.15, -0.1) is 0 Å². The Kier molecular flexibility index (Phi) is 3.92. The monoisotopic (exact) mass is 382 g/mol. The molecule has 2 aromatic carbocycles. The van der Waals surface area contributed by atoms with Crippen LogP contribution in [-0.4, -0.2) is 35.3 Å². The minimum absolute atomic E-state index is 0.0370. The van der Waals surface area contributed by atoms with Crippen molar-refractivity contribution in [3.05, 3.63) is 65.7 Å². The van der Waals surface area contributed by atoms with Crippen molar-refractivity contribution < 1.29 is 18.3 Å². The Morgan fingerprint density at radius 1 is 1.19 bits per heavy atom. The van der Waals surface area contributed by atoms with Gasteiger partial charge in [0.05, 0.1) is 10.6 Å². The van der Waals surface area contributed by atoms with E-state index in [1.165, 1.54) is 6.26 Å². The molecule has 0 radical (unpaired) electrons. The zero-order chi connectivity index (χ0) is 19.3. The number of sulfone groups is 1. The average molecular weight is 382 g/mol. The van der Waals surface area contributed by atoms with Gasteiger partial charge in [-0.25, -0.2) is 18.2 Å². The highest BCUT2D eigenvalue weighted by molar-refractivity contribution is 7.90. The molecule has 0 saturated heterocycles. The number of imidazole rings is 1. The lowest BCUT2D eigenvalue weighted by Crippen LogP contribution is -2.15. The fraction of sp³-hybridized carbons (Fsp3) is 0.200. The number of aromatic carboxylic acids is 1. The number of rotatable bonds is 3. The lowest BCUT2D eigenvalue weighted by molar-refractivity contribution is 0.0691. The summed E-state index contributed by atoms with van der Waals surface area (Å²) in [5.41, 5.74) is 3.78. The minimum Gasteiger partial charge on any atom is -0.476 e. The van der Waals surface area contributed by atoms with E-state index in [2.05, 4.69) is 11.9 Å². The molecule has 1 unspecified atom stereocenters. The Balaban J connectivity index is 1.83. The normalized spacial score (nSPS) is 15.9. The van der Waals surface area contributed by atoms with Crippen LogP contribution in [0.2, 0.25) is 0 Å². The van der Waals surface area contributed by atoms with Crippen LogP contribution in [0.3, 0.4) is 0 Å². The Morgan fingerprint density at radius 2 is 1.93 bits per heavy atom. The Labute approximate surface area is 157 Å². The third-order valence-electron chi connectivity index (χ3n) is 4.90. The van der Waals surface area contributed by atoms with E-state index < -0.39 is 15.8 Å². The van der Waals surface area contributed by atoms with Crippen LogP contribution in [0.1, 0.15) is 34.7 Å². The highest BCUT2D eigenvalue weighted by Gasteiger charge is 2.25. The van der Waals surface area contributed by atoms with Gasteiger partial charge in [0.15, 0.2) is 15.5 Å². The maximum atomic E-state index is 11.8. The number of hydrogen-bond donors (Lipinski definition) is 1. The van der Waals surface area contributed by atoms with Crippen molar-refractivity contribution in [2.24, 2.45) is 0 Å². The number of carboxylic acids is 1. The molecule has 1 N–H and O–H groups in total. The smallest absolute Gasteiger partial charge is 0.356 e. The molecule has 1 atom stereocenters. The third-order valence-corrected chi connectivity index (χ3v) is 6.01. The average Bonchev–Trinajstić information content (AvgIpc) is 3.05. The molecule has 1 aromatic heterocycles. The van der Waals surface area contributed by atoms with Crippen LogP contribution in [0, 0.1) is 0 Å². The predicted molar refractivity (Wildman–Crippen MR) is 101 cm³/mol. The lowest BCUT2D eigenvalue weighted by atomic mass is 9.90. The highest BCUT2D eigenvalue weighted by atomic mass is 32.2. The molecule has 3 aromatic rings. The van der Waals surface area contributed by atoms with Crippen LogP contribution in [-0.2, 0) is 16.3 Å². The number of fused-ring (bicyclic) bond motifs is 3. The SMILES string of the molecule is CC1Cc2nc(C(=O)O)cn2-c2ccc(-c3cccc(S(C)(=O)=O)c3)cc21.